The number of anilines is 2. The van der Waals surface area contributed by atoms with E-state index in [1.807, 2.05) is 0 Å². The first-order chi connectivity index (χ1) is 13.0. The number of benzene rings is 1. The third-order valence-corrected chi connectivity index (χ3v) is 4.47. The van der Waals surface area contributed by atoms with Gasteiger partial charge in [0.15, 0.2) is 0 Å². The SMILES string of the molecule is NC(=O)c1ccc(N2CCCCC2)c(NC(=O)c2ccc(C(=O)O)nc2)c1. The molecule has 1 aliphatic heterocycles. The molecule has 0 aliphatic carbocycles. The summed E-state index contributed by atoms with van der Waals surface area (Å²) in [4.78, 5) is 40.9. The molecule has 8 nitrogen and oxygen atoms in total. The highest BCUT2D eigenvalue weighted by Crippen LogP contribution is 2.30. The average Bonchev–Trinajstić information content (AvgIpc) is 2.68. The van der Waals surface area contributed by atoms with Gasteiger partial charge in [0.25, 0.3) is 5.91 Å². The molecule has 0 radical (unpaired) electrons. The second-order valence-corrected chi connectivity index (χ2v) is 6.34. The van der Waals surface area contributed by atoms with Crippen LogP contribution in [0.3, 0.4) is 0 Å². The Morgan fingerprint density at radius 2 is 1.74 bits per heavy atom. The maximum atomic E-state index is 12.6. The van der Waals surface area contributed by atoms with Crippen LogP contribution in [0.4, 0.5) is 11.4 Å². The Morgan fingerprint density at radius 1 is 1.04 bits per heavy atom. The minimum atomic E-state index is -1.16. The molecule has 2 heterocycles. The maximum Gasteiger partial charge on any atom is 0.354 e. The largest absolute Gasteiger partial charge is 0.477 e. The Labute approximate surface area is 156 Å². The molecule has 2 aromatic rings. The number of nitrogens with two attached hydrogens (primary N) is 1. The fourth-order valence-electron chi connectivity index (χ4n) is 3.05. The molecule has 1 aromatic heterocycles. The zero-order valence-corrected chi connectivity index (χ0v) is 14.6. The van der Waals surface area contributed by atoms with Gasteiger partial charge in [-0.25, -0.2) is 9.78 Å². The predicted octanol–water partition coefficient (Wildman–Crippen LogP) is 2.12. The molecular weight excluding hydrogens is 348 g/mol. The van der Waals surface area contributed by atoms with Gasteiger partial charge in [-0.1, -0.05) is 0 Å². The first-order valence-electron chi connectivity index (χ1n) is 8.65. The predicted molar refractivity (Wildman–Crippen MR) is 100 cm³/mol. The minimum absolute atomic E-state index is 0.142. The van der Waals surface area contributed by atoms with Crippen LogP contribution in [0.2, 0.25) is 0 Å². The van der Waals surface area contributed by atoms with Crippen molar-refractivity contribution < 1.29 is 19.5 Å². The number of carboxylic acid groups (broad SMARTS) is 1. The quantitative estimate of drug-likeness (QED) is 0.742. The van der Waals surface area contributed by atoms with Crippen LogP contribution < -0.4 is 16.0 Å². The van der Waals surface area contributed by atoms with Gasteiger partial charge in [0.05, 0.1) is 16.9 Å². The van der Waals surface area contributed by atoms with Crippen LogP contribution in [0, 0.1) is 0 Å². The van der Waals surface area contributed by atoms with Crippen LogP contribution in [0.25, 0.3) is 0 Å². The fourth-order valence-corrected chi connectivity index (χ4v) is 3.05. The van der Waals surface area contributed by atoms with Crippen LogP contribution >= 0.6 is 0 Å². The van der Waals surface area contributed by atoms with Crippen LogP contribution in [-0.2, 0) is 0 Å². The second-order valence-electron chi connectivity index (χ2n) is 6.34. The lowest BCUT2D eigenvalue weighted by Crippen LogP contribution is -2.30. The van der Waals surface area contributed by atoms with E-state index in [0.29, 0.717) is 11.3 Å². The smallest absolute Gasteiger partial charge is 0.354 e. The molecule has 1 aliphatic rings. The number of pyridine rings is 1. The molecule has 1 aromatic carbocycles. The first kappa shape index (κ1) is 18.4. The molecule has 0 atom stereocenters. The van der Waals surface area contributed by atoms with Gasteiger partial charge in [-0.15, -0.1) is 0 Å². The monoisotopic (exact) mass is 368 g/mol. The number of primary amides is 1. The van der Waals surface area contributed by atoms with Crippen molar-refractivity contribution in [3.8, 4) is 0 Å². The van der Waals surface area contributed by atoms with Gasteiger partial charge in [0, 0.05) is 24.8 Å². The number of nitrogens with one attached hydrogen (secondary N) is 1. The Kier molecular flexibility index (Phi) is 5.35. The topological polar surface area (TPSA) is 126 Å². The van der Waals surface area contributed by atoms with Gasteiger partial charge >= 0.3 is 5.97 Å². The number of nitrogens with zero attached hydrogens (tertiary/aromatic N) is 2. The van der Waals surface area contributed by atoms with Crippen molar-refractivity contribution in [2.75, 3.05) is 23.3 Å². The summed E-state index contributed by atoms with van der Waals surface area (Å²) in [7, 11) is 0. The number of aromatic carboxylic acids is 1. The molecule has 140 valence electrons. The lowest BCUT2D eigenvalue weighted by atomic mass is 10.1. The van der Waals surface area contributed by atoms with E-state index in [1.54, 1.807) is 18.2 Å². The van der Waals surface area contributed by atoms with E-state index in [-0.39, 0.29) is 11.3 Å². The average molecular weight is 368 g/mol. The molecule has 0 bridgehead atoms. The van der Waals surface area contributed by atoms with Crippen molar-refractivity contribution in [1.82, 2.24) is 4.98 Å². The van der Waals surface area contributed by atoms with Crippen molar-refractivity contribution in [2.45, 2.75) is 19.3 Å². The Morgan fingerprint density at radius 3 is 2.33 bits per heavy atom. The summed E-state index contributed by atoms with van der Waals surface area (Å²) in [6.45, 7) is 1.74. The number of piperidine rings is 1. The molecule has 1 fully saturated rings. The molecular formula is C19H20N4O4. The zero-order valence-electron chi connectivity index (χ0n) is 14.6. The molecule has 8 heteroatoms. The normalized spacial score (nSPS) is 13.9. The van der Waals surface area contributed by atoms with Crippen LogP contribution in [0.15, 0.2) is 36.5 Å². The molecule has 0 unspecified atom stereocenters. The molecule has 3 rings (SSSR count). The number of hydrogen-bond donors (Lipinski definition) is 3. The van der Waals surface area contributed by atoms with Crippen LogP contribution in [0.1, 0.15) is 50.5 Å². The fraction of sp³-hybridized carbons (Fsp3) is 0.263. The highest BCUT2D eigenvalue weighted by Gasteiger charge is 2.18. The summed E-state index contributed by atoms with van der Waals surface area (Å²) >= 11 is 0. The van der Waals surface area contributed by atoms with E-state index < -0.39 is 17.8 Å². The lowest BCUT2D eigenvalue weighted by Gasteiger charge is -2.30. The maximum absolute atomic E-state index is 12.6. The Balaban J connectivity index is 1.88. The third-order valence-electron chi connectivity index (χ3n) is 4.47. The molecule has 1 saturated heterocycles. The summed E-state index contributed by atoms with van der Waals surface area (Å²) in [5, 5.41) is 11.7. The van der Waals surface area contributed by atoms with Gasteiger partial charge in [-0.3, -0.25) is 9.59 Å². The summed E-state index contributed by atoms with van der Waals surface area (Å²) in [5.74, 6) is -2.19. The number of amides is 2. The highest BCUT2D eigenvalue weighted by atomic mass is 16.4. The number of carbonyl (C=O) groups excluding carboxylic acids is 2. The van der Waals surface area contributed by atoms with E-state index in [2.05, 4.69) is 15.2 Å². The summed E-state index contributed by atoms with van der Waals surface area (Å²) in [6.07, 6.45) is 4.49. The number of rotatable bonds is 5. The van der Waals surface area contributed by atoms with Crippen molar-refractivity contribution in [3.05, 3.63) is 53.3 Å². The van der Waals surface area contributed by atoms with E-state index in [0.717, 1.165) is 31.6 Å². The lowest BCUT2D eigenvalue weighted by molar-refractivity contribution is 0.0689. The zero-order chi connectivity index (χ0) is 19.4. The van der Waals surface area contributed by atoms with Crippen LogP contribution in [0.5, 0.6) is 0 Å². The number of hydrogen-bond acceptors (Lipinski definition) is 5. The Bertz CT molecular complexity index is 874. The summed E-state index contributed by atoms with van der Waals surface area (Å²) < 4.78 is 0. The van der Waals surface area contributed by atoms with Gasteiger partial charge in [-0.05, 0) is 49.6 Å². The molecule has 4 N–H and O–H groups in total. The van der Waals surface area contributed by atoms with Crippen LogP contribution in [-0.4, -0.2) is 41.0 Å². The van der Waals surface area contributed by atoms with Crippen molar-refractivity contribution >= 4 is 29.2 Å². The highest BCUT2D eigenvalue weighted by molar-refractivity contribution is 6.07. The first-order valence-corrected chi connectivity index (χ1v) is 8.65. The number of carboxylic acids is 1. The van der Waals surface area contributed by atoms with E-state index in [9.17, 15) is 14.4 Å². The van der Waals surface area contributed by atoms with Gasteiger partial charge in [-0.2, -0.15) is 0 Å². The standard InChI is InChI=1S/C19H20N4O4/c20-17(24)12-5-7-16(23-8-2-1-3-9-23)15(10-12)22-18(25)13-4-6-14(19(26)27)21-11-13/h4-7,10-11H,1-3,8-9H2,(H2,20,24)(H,22,25)(H,26,27). The summed E-state index contributed by atoms with van der Waals surface area (Å²) in [6, 6.07) is 7.65. The Hall–Kier alpha value is -3.42. The van der Waals surface area contributed by atoms with Crippen molar-refractivity contribution in [1.29, 1.82) is 0 Å². The van der Waals surface area contributed by atoms with Crippen molar-refractivity contribution in [3.63, 3.8) is 0 Å². The van der Waals surface area contributed by atoms with Crippen molar-refractivity contribution in [2.24, 2.45) is 5.73 Å². The van der Waals surface area contributed by atoms with E-state index >= 15 is 0 Å². The van der Waals surface area contributed by atoms with E-state index in [1.165, 1.54) is 24.8 Å². The van der Waals surface area contributed by atoms with E-state index in [4.69, 9.17) is 10.8 Å². The summed E-state index contributed by atoms with van der Waals surface area (Å²) in [5.41, 5.74) is 7.05. The minimum Gasteiger partial charge on any atom is -0.477 e. The van der Waals surface area contributed by atoms with Gasteiger partial charge in [0.1, 0.15) is 5.69 Å². The number of aromatic nitrogens is 1. The second kappa shape index (κ2) is 7.86. The molecule has 2 amide bonds. The molecule has 0 spiro atoms. The number of carbonyl (C=O) groups is 3. The third kappa shape index (κ3) is 4.22. The molecule has 0 saturated carbocycles. The molecule has 27 heavy (non-hydrogen) atoms. The van der Waals surface area contributed by atoms with Gasteiger partial charge < -0.3 is 21.1 Å². The van der Waals surface area contributed by atoms with Gasteiger partial charge in [0.2, 0.25) is 5.91 Å².